The first-order valence-corrected chi connectivity index (χ1v) is 10.1. The number of nitrogens with one attached hydrogen (secondary N) is 1. The Morgan fingerprint density at radius 3 is 2.62 bits per heavy atom. The second kappa shape index (κ2) is 8.64. The molecule has 1 N–H and O–H groups in total. The molecule has 5 nitrogen and oxygen atoms in total. The first kappa shape index (κ1) is 21.5. The molecule has 1 heterocycles. The quantitative estimate of drug-likeness (QED) is 0.528. The molecule has 3 aromatic rings. The van der Waals surface area contributed by atoms with Crippen LogP contribution in [0.1, 0.15) is 21.7 Å². The second-order valence-electron chi connectivity index (χ2n) is 5.79. The van der Waals surface area contributed by atoms with Gasteiger partial charge in [0, 0.05) is 5.02 Å². The Balaban J connectivity index is 1.90. The number of benzene rings is 2. The number of carbonyl (C=O) groups excluding carboxylic acids is 1. The van der Waals surface area contributed by atoms with Crippen molar-refractivity contribution in [2.24, 2.45) is 0 Å². The maximum absolute atomic E-state index is 13.1. The van der Waals surface area contributed by atoms with Crippen molar-refractivity contribution in [1.29, 1.82) is 0 Å². The fraction of sp³-hybridized carbons (Fsp3) is 0.167. The molecule has 29 heavy (non-hydrogen) atoms. The van der Waals surface area contributed by atoms with E-state index in [4.69, 9.17) is 23.2 Å². The number of halogens is 5. The minimum absolute atomic E-state index is 0.0779. The lowest BCUT2D eigenvalue weighted by atomic mass is 10.2. The monoisotopic (exact) mass is 460 g/mol. The Morgan fingerprint density at radius 2 is 1.93 bits per heavy atom. The Kier molecular flexibility index (Phi) is 6.40. The third-order valence-corrected chi connectivity index (χ3v) is 5.09. The predicted octanol–water partition coefficient (Wildman–Crippen LogP) is 5.24. The van der Waals surface area contributed by atoms with Crippen LogP contribution in [0, 0.1) is 0 Å². The number of thioether (sulfide) groups is 1. The lowest BCUT2D eigenvalue weighted by Crippen LogP contribution is -2.25. The molecule has 3 rings (SSSR count). The number of hydrogen-bond acceptors (Lipinski definition) is 4. The van der Waals surface area contributed by atoms with Gasteiger partial charge in [-0.2, -0.15) is 13.2 Å². The summed E-state index contributed by atoms with van der Waals surface area (Å²) in [6.07, 6.45) is -2.76. The molecule has 1 amide bonds. The van der Waals surface area contributed by atoms with Gasteiger partial charge >= 0.3 is 6.18 Å². The van der Waals surface area contributed by atoms with Gasteiger partial charge in [0.1, 0.15) is 0 Å². The summed E-state index contributed by atoms with van der Waals surface area (Å²) < 4.78 is 40.7. The summed E-state index contributed by atoms with van der Waals surface area (Å²) in [7, 11) is 0. The van der Waals surface area contributed by atoms with Gasteiger partial charge in [-0.15, -0.1) is 10.2 Å². The maximum atomic E-state index is 13.1. The smallest absolute Gasteiger partial charge is 0.345 e. The van der Waals surface area contributed by atoms with E-state index >= 15 is 0 Å². The van der Waals surface area contributed by atoms with Crippen LogP contribution < -0.4 is 5.32 Å². The number of amides is 1. The molecule has 0 atom stereocenters. The Bertz CT molecular complexity index is 1060. The van der Waals surface area contributed by atoms with Gasteiger partial charge < -0.3 is 5.32 Å². The summed E-state index contributed by atoms with van der Waals surface area (Å²) in [6, 6.07) is 9.26. The van der Waals surface area contributed by atoms with Crippen molar-refractivity contribution in [3.05, 3.63) is 69.5 Å². The van der Waals surface area contributed by atoms with Crippen molar-refractivity contribution < 1.29 is 18.0 Å². The lowest BCUT2D eigenvalue weighted by molar-refractivity contribution is -0.137. The molecule has 0 spiro atoms. The molecule has 2 aromatic carbocycles. The van der Waals surface area contributed by atoms with Crippen LogP contribution in [-0.2, 0) is 12.7 Å². The van der Waals surface area contributed by atoms with E-state index in [0.717, 1.165) is 12.1 Å². The van der Waals surface area contributed by atoms with Crippen LogP contribution in [0.25, 0.3) is 5.69 Å². The highest BCUT2D eigenvalue weighted by molar-refractivity contribution is 7.98. The Labute approximate surface area is 178 Å². The topological polar surface area (TPSA) is 59.8 Å². The van der Waals surface area contributed by atoms with E-state index in [9.17, 15) is 18.0 Å². The van der Waals surface area contributed by atoms with E-state index in [2.05, 4.69) is 15.5 Å². The summed E-state index contributed by atoms with van der Waals surface area (Å²) in [5.41, 5.74) is -0.384. The van der Waals surface area contributed by atoms with Crippen molar-refractivity contribution in [2.75, 3.05) is 6.26 Å². The number of alkyl halides is 3. The highest BCUT2D eigenvalue weighted by Crippen LogP contribution is 2.31. The van der Waals surface area contributed by atoms with Crippen LogP contribution in [0.5, 0.6) is 0 Å². The zero-order valence-electron chi connectivity index (χ0n) is 14.8. The van der Waals surface area contributed by atoms with Crippen LogP contribution in [-0.4, -0.2) is 26.9 Å². The molecular formula is C18H13Cl2F3N4OS. The van der Waals surface area contributed by atoms with Gasteiger partial charge in [-0.05, 0) is 42.7 Å². The zero-order chi connectivity index (χ0) is 21.2. The molecule has 0 unspecified atom stereocenters. The van der Waals surface area contributed by atoms with E-state index < -0.39 is 17.6 Å². The van der Waals surface area contributed by atoms with E-state index in [1.165, 1.54) is 40.6 Å². The van der Waals surface area contributed by atoms with Crippen molar-refractivity contribution in [3.8, 4) is 5.69 Å². The molecule has 11 heteroatoms. The summed E-state index contributed by atoms with van der Waals surface area (Å²) in [5.74, 6) is -0.234. The van der Waals surface area contributed by atoms with E-state index in [1.807, 2.05) is 0 Å². The summed E-state index contributed by atoms with van der Waals surface area (Å²) in [5, 5.41) is 11.6. The van der Waals surface area contributed by atoms with Crippen molar-refractivity contribution in [2.45, 2.75) is 17.9 Å². The van der Waals surface area contributed by atoms with Crippen molar-refractivity contribution >= 4 is 40.9 Å². The molecule has 0 saturated carbocycles. The maximum Gasteiger partial charge on any atom is 0.416 e. The fourth-order valence-corrected chi connectivity index (χ4v) is 3.45. The fourth-order valence-electron chi connectivity index (χ4n) is 2.55. The van der Waals surface area contributed by atoms with Gasteiger partial charge in [-0.1, -0.05) is 41.0 Å². The van der Waals surface area contributed by atoms with Crippen LogP contribution in [0.4, 0.5) is 13.2 Å². The average Bonchev–Trinajstić information content (AvgIpc) is 3.10. The van der Waals surface area contributed by atoms with E-state index in [1.54, 1.807) is 12.3 Å². The summed E-state index contributed by atoms with van der Waals surface area (Å²) >= 11 is 13.1. The number of aromatic nitrogens is 3. The average molecular weight is 461 g/mol. The third kappa shape index (κ3) is 4.85. The predicted molar refractivity (Wildman–Crippen MR) is 106 cm³/mol. The largest absolute Gasteiger partial charge is 0.416 e. The van der Waals surface area contributed by atoms with Crippen LogP contribution in [0.2, 0.25) is 10.0 Å². The standard InChI is InChI=1S/C18H13Cl2F3N4OS/c1-29-17-26-25-15(9-24-16(28)13-8-11(19)5-6-14(13)20)27(17)12-4-2-3-10(7-12)18(21,22)23/h2-8H,9H2,1H3,(H,24,28). The van der Waals surface area contributed by atoms with Gasteiger partial charge in [-0.25, -0.2) is 0 Å². The highest BCUT2D eigenvalue weighted by atomic mass is 35.5. The van der Waals surface area contributed by atoms with Crippen LogP contribution in [0.15, 0.2) is 47.6 Å². The first-order chi connectivity index (χ1) is 13.7. The molecule has 0 fully saturated rings. The van der Waals surface area contributed by atoms with Gasteiger partial charge in [0.15, 0.2) is 11.0 Å². The Morgan fingerprint density at radius 1 is 1.17 bits per heavy atom. The number of nitrogens with zero attached hydrogens (tertiary/aromatic N) is 3. The minimum Gasteiger partial charge on any atom is -0.345 e. The number of rotatable bonds is 5. The molecule has 0 aliphatic heterocycles. The summed E-state index contributed by atoms with van der Waals surface area (Å²) in [6.45, 7) is -0.0779. The molecular weight excluding hydrogens is 448 g/mol. The number of carbonyl (C=O) groups is 1. The van der Waals surface area contributed by atoms with E-state index in [0.29, 0.717) is 10.2 Å². The second-order valence-corrected chi connectivity index (χ2v) is 7.41. The van der Waals surface area contributed by atoms with Crippen LogP contribution in [0.3, 0.4) is 0 Å². The molecule has 0 aliphatic rings. The molecule has 0 bridgehead atoms. The van der Waals surface area contributed by atoms with Crippen molar-refractivity contribution in [3.63, 3.8) is 0 Å². The van der Waals surface area contributed by atoms with Gasteiger partial charge in [0.2, 0.25) is 0 Å². The van der Waals surface area contributed by atoms with Crippen molar-refractivity contribution in [1.82, 2.24) is 20.1 Å². The SMILES string of the molecule is CSc1nnc(CNC(=O)c2cc(Cl)ccc2Cl)n1-c1cccc(C(F)(F)F)c1. The van der Waals surface area contributed by atoms with Gasteiger partial charge in [-0.3, -0.25) is 9.36 Å². The summed E-state index contributed by atoms with van der Waals surface area (Å²) in [4.78, 5) is 12.4. The van der Waals surface area contributed by atoms with Crippen LogP contribution >= 0.6 is 35.0 Å². The lowest BCUT2D eigenvalue weighted by Gasteiger charge is -2.13. The minimum atomic E-state index is -4.48. The molecule has 0 aliphatic carbocycles. The molecule has 0 saturated heterocycles. The number of hydrogen-bond donors (Lipinski definition) is 1. The molecule has 0 radical (unpaired) electrons. The first-order valence-electron chi connectivity index (χ1n) is 8.10. The third-order valence-electron chi connectivity index (χ3n) is 3.89. The van der Waals surface area contributed by atoms with Gasteiger partial charge in [0.05, 0.1) is 28.4 Å². The normalized spacial score (nSPS) is 11.5. The molecule has 152 valence electrons. The van der Waals surface area contributed by atoms with Gasteiger partial charge in [0.25, 0.3) is 5.91 Å². The zero-order valence-corrected chi connectivity index (χ0v) is 17.1. The highest BCUT2D eigenvalue weighted by Gasteiger charge is 2.31. The Hall–Kier alpha value is -2.23. The molecule has 1 aromatic heterocycles. The van der Waals surface area contributed by atoms with E-state index in [-0.39, 0.29) is 28.6 Å².